The van der Waals surface area contributed by atoms with Crippen LogP contribution in [0.5, 0.6) is 5.75 Å². The van der Waals surface area contributed by atoms with Crippen molar-refractivity contribution in [2.75, 3.05) is 55.3 Å². The summed E-state index contributed by atoms with van der Waals surface area (Å²) in [5.74, 6) is 0.0446. The molecule has 5 aromatic rings. The van der Waals surface area contributed by atoms with Gasteiger partial charge in [-0.05, 0) is 73.2 Å². The van der Waals surface area contributed by atoms with Gasteiger partial charge in [0.25, 0.3) is 21.6 Å². The van der Waals surface area contributed by atoms with Crippen LogP contribution >= 0.6 is 11.8 Å². The molecule has 6 rings (SSSR count). The maximum Gasteiger partial charge on any atom is 0.293 e. The number of ether oxygens (including phenoxy) is 1. The molecular formula is C39H39FN6O6S2. The lowest BCUT2D eigenvalue weighted by molar-refractivity contribution is -0.384. The van der Waals surface area contributed by atoms with Crippen LogP contribution in [0.15, 0.2) is 119 Å². The van der Waals surface area contributed by atoms with Gasteiger partial charge in [-0.15, -0.1) is 11.8 Å². The number of piperazine rings is 1. The van der Waals surface area contributed by atoms with E-state index in [0.29, 0.717) is 55.4 Å². The van der Waals surface area contributed by atoms with E-state index in [1.807, 2.05) is 48.0 Å². The highest BCUT2D eigenvalue weighted by molar-refractivity contribution is 7.99. The van der Waals surface area contributed by atoms with Crippen LogP contribution in [0.3, 0.4) is 0 Å². The number of thioether (sulfide) groups is 1. The monoisotopic (exact) mass is 770 g/mol. The van der Waals surface area contributed by atoms with E-state index < -0.39 is 31.4 Å². The standard InChI is InChI=1S/C39H39FN6O6S2/c1-2-52-32-23-30(25-41-26-32)35-14-8-28(22-36(35)40)27-44-17-19-45(20-18-44)31-11-9-29(10-12-31)39(47)43-54(50,51)34-13-15-37(38(24-34)46(48)49)42-16-21-53-33-6-4-3-5-7-33/h3-15,22-26,42H,2,16-21,27H2,1H3,(H,43,47). The summed E-state index contributed by atoms with van der Waals surface area (Å²) in [6.07, 6.45) is 3.22. The third kappa shape index (κ3) is 9.72. The molecule has 0 bridgehead atoms. The zero-order valence-electron chi connectivity index (χ0n) is 29.5. The Balaban J connectivity index is 1.00. The van der Waals surface area contributed by atoms with Crippen molar-refractivity contribution in [3.8, 4) is 16.9 Å². The van der Waals surface area contributed by atoms with Gasteiger partial charge in [0.15, 0.2) is 0 Å². The van der Waals surface area contributed by atoms with Crippen molar-refractivity contribution in [1.29, 1.82) is 0 Å². The summed E-state index contributed by atoms with van der Waals surface area (Å²) in [4.78, 5) is 33.4. The van der Waals surface area contributed by atoms with Crippen molar-refractivity contribution in [3.05, 3.63) is 137 Å². The van der Waals surface area contributed by atoms with Crippen LogP contribution in [0.4, 0.5) is 21.5 Å². The van der Waals surface area contributed by atoms with Gasteiger partial charge in [-0.3, -0.25) is 24.8 Å². The number of pyridine rings is 1. The Kier molecular flexibility index (Phi) is 12.4. The average molecular weight is 771 g/mol. The van der Waals surface area contributed by atoms with E-state index in [9.17, 15) is 23.3 Å². The highest BCUT2D eigenvalue weighted by Gasteiger charge is 2.24. The molecule has 0 radical (unpaired) electrons. The van der Waals surface area contributed by atoms with Gasteiger partial charge in [0, 0.05) is 84.6 Å². The van der Waals surface area contributed by atoms with E-state index >= 15 is 4.39 Å². The Morgan fingerprint density at radius 1 is 0.963 bits per heavy atom. The lowest BCUT2D eigenvalue weighted by Crippen LogP contribution is -2.46. The summed E-state index contributed by atoms with van der Waals surface area (Å²) >= 11 is 1.58. The van der Waals surface area contributed by atoms with Gasteiger partial charge in [-0.2, -0.15) is 0 Å². The molecule has 0 saturated carbocycles. The summed E-state index contributed by atoms with van der Waals surface area (Å²) < 4.78 is 48.9. The molecule has 4 aromatic carbocycles. The molecule has 54 heavy (non-hydrogen) atoms. The van der Waals surface area contributed by atoms with Crippen molar-refractivity contribution >= 4 is 44.8 Å². The maximum absolute atomic E-state index is 15.1. The molecule has 1 aromatic heterocycles. The fraction of sp³-hybridized carbons (Fsp3) is 0.231. The second kappa shape index (κ2) is 17.5. The van der Waals surface area contributed by atoms with E-state index in [-0.39, 0.29) is 17.1 Å². The molecule has 1 amide bonds. The molecule has 1 aliphatic heterocycles. The van der Waals surface area contributed by atoms with Crippen molar-refractivity contribution in [3.63, 3.8) is 0 Å². The van der Waals surface area contributed by atoms with Gasteiger partial charge in [0.1, 0.15) is 17.3 Å². The predicted octanol–water partition coefficient (Wildman–Crippen LogP) is 6.84. The molecule has 1 saturated heterocycles. The highest BCUT2D eigenvalue weighted by atomic mass is 32.2. The van der Waals surface area contributed by atoms with Crippen molar-refractivity contribution < 1.29 is 27.3 Å². The largest absolute Gasteiger partial charge is 0.492 e. The second-order valence-electron chi connectivity index (χ2n) is 12.4. The summed E-state index contributed by atoms with van der Waals surface area (Å²) in [5, 5.41) is 14.8. The zero-order valence-corrected chi connectivity index (χ0v) is 31.1. The Morgan fingerprint density at radius 3 is 2.43 bits per heavy atom. The van der Waals surface area contributed by atoms with Gasteiger partial charge < -0.3 is 15.0 Å². The Hall–Kier alpha value is -5.51. The van der Waals surface area contributed by atoms with Crippen molar-refractivity contribution in [2.24, 2.45) is 0 Å². The summed E-state index contributed by atoms with van der Waals surface area (Å²) in [6, 6.07) is 26.8. The van der Waals surface area contributed by atoms with Crippen LogP contribution in [-0.2, 0) is 16.6 Å². The van der Waals surface area contributed by atoms with Gasteiger partial charge in [0.2, 0.25) is 0 Å². The molecule has 2 heterocycles. The number of nitrogens with one attached hydrogen (secondary N) is 2. The number of rotatable bonds is 15. The smallest absolute Gasteiger partial charge is 0.293 e. The van der Waals surface area contributed by atoms with E-state index in [4.69, 9.17) is 4.74 Å². The Labute approximate surface area is 317 Å². The van der Waals surface area contributed by atoms with E-state index in [1.165, 1.54) is 12.1 Å². The first kappa shape index (κ1) is 38.2. The number of carbonyl (C=O) groups excluding carboxylic acids is 1. The number of aromatic nitrogens is 1. The number of anilines is 2. The van der Waals surface area contributed by atoms with Crippen LogP contribution in [0, 0.1) is 15.9 Å². The first-order valence-electron chi connectivity index (χ1n) is 17.3. The number of carbonyl (C=O) groups is 1. The number of amides is 1. The van der Waals surface area contributed by atoms with Crippen LogP contribution in [-0.4, -0.2) is 74.2 Å². The maximum atomic E-state index is 15.1. The molecule has 280 valence electrons. The molecule has 1 fully saturated rings. The number of sulfonamides is 1. The van der Waals surface area contributed by atoms with Gasteiger partial charge in [-0.1, -0.05) is 30.3 Å². The number of nitro benzene ring substituents is 1. The van der Waals surface area contributed by atoms with E-state index in [1.54, 1.807) is 66.6 Å². The molecular weight excluding hydrogens is 732 g/mol. The van der Waals surface area contributed by atoms with Gasteiger partial charge >= 0.3 is 0 Å². The number of hydrogen-bond acceptors (Lipinski definition) is 11. The molecule has 12 nitrogen and oxygen atoms in total. The SMILES string of the molecule is CCOc1cncc(-c2ccc(CN3CCN(c4ccc(C(=O)NS(=O)(=O)c5ccc(NCCSc6ccccc6)c([N+](=O)[O-])c5)cc4)CC3)cc2F)c1. The topological polar surface area (TPSA) is 147 Å². The van der Waals surface area contributed by atoms with Crippen molar-refractivity contribution in [1.82, 2.24) is 14.6 Å². The minimum absolute atomic E-state index is 0.121. The molecule has 15 heteroatoms. The first-order chi connectivity index (χ1) is 26.1. The number of nitro groups is 1. The fourth-order valence-corrected chi connectivity index (χ4v) is 7.82. The van der Waals surface area contributed by atoms with E-state index in [0.717, 1.165) is 35.3 Å². The number of nitrogens with zero attached hydrogens (tertiary/aromatic N) is 4. The highest BCUT2D eigenvalue weighted by Crippen LogP contribution is 2.29. The summed E-state index contributed by atoms with van der Waals surface area (Å²) in [6.45, 7) is 6.25. The van der Waals surface area contributed by atoms with Crippen LogP contribution in [0.1, 0.15) is 22.8 Å². The van der Waals surface area contributed by atoms with Crippen molar-refractivity contribution in [2.45, 2.75) is 23.3 Å². The minimum Gasteiger partial charge on any atom is -0.492 e. The Morgan fingerprint density at radius 2 is 1.72 bits per heavy atom. The van der Waals surface area contributed by atoms with Crippen LogP contribution in [0.25, 0.3) is 11.1 Å². The van der Waals surface area contributed by atoms with Gasteiger partial charge in [-0.25, -0.2) is 17.5 Å². The molecule has 0 unspecified atom stereocenters. The quantitative estimate of drug-likeness (QED) is 0.0499. The molecule has 0 atom stereocenters. The predicted molar refractivity (Wildman–Crippen MR) is 208 cm³/mol. The normalized spacial score (nSPS) is 13.3. The lowest BCUT2D eigenvalue weighted by atomic mass is 10.0. The molecule has 2 N–H and O–H groups in total. The first-order valence-corrected chi connectivity index (χ1v) is 19.8. The minimum atomic E-state index is -4.41. The van der Waals surface area contributed by atoms with Gasteiger partial charge in [0.05, 0.1) is 22.6 Å². The van der Waals surface area contributed by atoms with Crippen LogP contribution in [0.2, 0.25) is 0 Å². The summed E-state index contributed by atoms with van der Waals surface area (Å²) in [7, 11) is -4.41. The molecule has 1 aliphatic rings. The molecule has 0 spiro atoms. The number of benzene rings is 4. The molecule has 0 aliphatic carbocycles. The lowest BCUT2D eigenvalue weighted by Gasteiger charge is -2.36. The fourth-order valence-electron chi connectivity index (χ4n) is 6.04. The Bertz CT molecular complexity index is 2200. The average Bonchev–Trinajstić information content (AvgIpc) is 3.17. The number of halogens is 1. The zero-order chi connectivity index (χ0) is 38.1. The second-order valence-corrected chi connectivity index (χ2v) is 15.3. The summed E-state index contributed by atoms with van der Waals surface area (Å²) in [5.41, 5.74) is 2.73. The third-order valence-corrected chi connectivity index (χ3v) is 11.1. The van der Waals surface area contributed by atoms with E-state index in [2.05, 4.69) is 20.1 Å². The van der Waals surface area contributed by atoms with Crippen LogP contribution < -0.4 is 19.7 Å². The third-order valence-electron chi connectivity index (χ3n) is 8.77. The number of hydrogen-bond donors (Lipinski definition) is 2.